The van der Waals surface area contributed by atoms with Crippen molar-refractivity contribution in [3.63, 3.8) is 0 Å². The van der Waals surface area contributed by atoms with E-state index in [0.29, 0.717) is 0 Å². The lowest BCUT2D eigenvalue weighted by atomic mass is 9.87. The number of likely N-dealkylation sites (N-methyl/N-ethyl adjacent to an activating group) is 1. The van der Waals surface area contributed by atoms with Crippen molar-refractivity contribution in [3.8, 4) is 5.75 Å². The minimum absolute atomic E-state index is 0.0522. The Morgan fingerprint density at radius 2 is 2.35 bits per heavy atom. The minimum Gasteiger partial charge on any atom is -0.497 e. The first-order valence-electron chi connectivity index (χ1n) is 5.67. The van der Waals surface area contributed by atoms with E-state index in [1.165, 1.54) is 5.56 Å². The van der Waals surface area contributed by atoms with E-state index in [2.05, 4.69) is 4.90 Å². The lowest BCUT2D eigenvalue weighted by Crippen LogP contribution is -2.31. The molecule has 1 unspecified atom stereocenters. The SMILES string of the molecule is COc1ccc2c(c1)C(CC(=O)O)CN(C)C2. The van der Waals surface area contributed by atoms with Crippen LogP contribution in [0.4, 0.5) is 0 Å². The Balaban J connectivity index is 2.35. The number of ether oxygens (including phenoxy) is 1. The van der Waals surface area contributed by atoms with E-state index in [4.69, 9.17) is 9.84 Å². The van der Waals surface area contributed by atoms with Crippen LogP contribution in [0.1, 0.15) is 23.5 Å². The molecule has 92 valence electrons. The summed E-state index contributed by atoms with van der Waals surface area (Å²) in [6, 6.07) is 5.92. The summed E-state index contributed by atoms with van der Waals surface area (Å²) in [6.07, 6.45) is 0.171. The van der Waals surface area contributed by atoms with Crippen LogP contribution in [-0.4, -0.2) is 36.7 Å². The zero-order valence-corrected chi connectivity index (χ0v) is 10.1. The van der Waals surface area contributed by atoms with Crippen molar-refractivity contribution in [1.29, 1.82) is 0 Å². The van der Waals surface area contributed by atoms with Crippen LogP contribution in [-0.2, 0) is 11.3 Å². The Morgan fingerprint density at radius 1 is 1.59 bits per heavy atom. The van der Waals surface area contributed by atoms with Crippen molar-refractivity contribution >= 4 is 5.97 Å². The van der Waals surface area contributed by atoms with Gasteiger partial charge in [-0.3, -0.25) is 4.79 Å². The van der Waals surface area contributed by atoms with Crippen molar-refractivity contribution in [2.24, 2.45) is 0 Å². The maximum atomic E-state index is 10.9. The molecule has 1 aliphatic rings. The number of methoxy groups -OCH3 is 1. The molecule has 1 aliphatic heterocycles. The summed E-state index contributed by atoms with van der Waals surface area (Å²) in [7, 11) is 3.64. The zero-order valence-electron chi connectivity index (χ0n) is 10.1. The number of fused-ring (bicyclic) bond motifs is 1. The molecule has 0 aromatic heterocycles. The van der Waals surface area contributed by atoms with E-state index in [0.717, 1.165) is 24.4 Å². The monoisotopic (exact) mass is 235 g/mol. The summed E-state index contributed by atoms with van der Waals surface area (Å²) in [5.41, 5.74) is 2.32. The van der Waals surface area contributed by atoms with Crippen molar-refractivity contribution in [2.75, 3.05) is 20.7 Å². The number of nitrogens with zero attached hydrogens (tertiary/aromatic N) is 1. The van der Waals surface area contributed by atoms with Crippen molar-refractivity contribution in [2.45, 2.75) is 18.9 Å². The van der Waals surface area contributed by atoms with Gasteiger partial charge < -0.3 is 14.7 Å². The molecule has 0 amide bonds. The fourth-order valence-electron chi connectivity index (χ4n) is 2.44. The van der Waals surface area contributed by atoms with E-state index >= 15 is 0 Å². The van der Waals surface area contributed by atoms with Crippen LogP contribution in [0, 0.1) is 0 Å². The number of rotatable bonds is 3. The molecule has 0 radical (unpaired) electrons. The molecule has 0 saturated carbocycles. The second kappa shape index (κ2) is 4.75. The third kappa shape index (κ3) is 2.58. The molecule has 0 aliphatic carbocycles. The van der Waals surface area contributed by atoms with Crippen LogP contribution in [0.15, 0.2) is 18.2 Å². The molecule has 4 heteroatoms. The normalized spacial score (nSPS) is 19.8. The summed E-state index contributed by atoms with van der Waals surface area (Å²) < 4.78 is 5.20. The third-order valence-corrected chi connectivity index (χ3v) is 3.19. The Kier molecular flexibility index (Phi) is 3.33. The molecule has 1 aromatic carbocycles. The predicted octanol–water partition coefficient (Wildman–Crippen LogP) is 1.70. The van der Waals surface area contributed by atoms with Gasteiger partial charge in [-0.1, -0.05) is 6.07 Å². The Labute approximate surface area is 101 Å². The molecule has 17 heavy (non-hydrogen) atoms. The first-order chi connectivity index (χ1) is 8.10. The standard InChI is InChI=1S/C13H17NO3/c1-14-7-9-3-4-11(17-2)6-12(9)10(8-14)5-13(15)16/h3-4,6,10H,5,7-8H2,1-2H3,(H,15,16). The number of hydrogen-bond acceptors (Lipinski definition) is 3. The number of carboxylic acids is 1. The van der Waals surface area contributed by atoms with Gasteiger partial charge in [-0.05, 0) is 30.3 Å². The molecule has 0 spiro atoms. The second-order valence-electron chi connectivity index (χ2n) is 4.56. The van der Waals surface area contributed by atoms with E-state index in [9.17, 15) is 4.79 Å². The molecular formula is C13H17NO3. The number of benzene rings is 1. The Morgan fingerprint density at radius 3 is 3.00 bits per heavy atom. The van der Waals surface area contributed by atoms with Crippen molar-refractivity contribution in [3.05, 3.63) is 29.3 Å². The molecule has 1 N–H and O–H groups in total. The largest absolute Gasteiger partial charge is 0.497 e. The number of aliphatic carboxylic acids is 1. The van der Waals surface area contributed by atoms with E-state index in [1.807, 2.05) is 25.2 Å². The molecule has 1 heterocycles. The summed E-state index contributed by atoms with van der Waals surface area (Å²) >= 11 is 0. The van der Waals surface area contributed by atoms with Crippen LogP contribution in [0.3, 0.4) is 0 Å². The predicted molar refractivity (Wildman–Crippen MR) is 64.3 cm³/mol. The van der Waals surface area contributed by atoms with Crippen LogP contribution < -0.4 is 4.74 Å². The fraction of sp³-hybridized carbons (Fsp3) is 0.462. The topological polar surface area (TPSA) is 49.8 Å². The van der Waals surface area contributed by atoms with Crippen molar-refractivity contribution < 1.29 is 14.6 Å². The van der Waals surface area contributed by atoms with Gasteiger partial charge in [0.2, 0.25) is 0 Å². The molecule has 0 fully saturated rings. The van der Waals surface area contributed by atoms with Gasteiger partial charge in [0.05, 0.1) is 13.5 Å². The van der Waals surface area contributed by atoms with Gasteiger partial charge in [0, 0.05) is 19.0 Å². The van der Waals surface area contributed by atoms with Gasteiger partial charge >= 0.3 is 5.97 Å². The number of hydrogen-bond donors (Lipinski definition) is 1. The lowest BCUT2D eigenvalue weighted by molar-refractivity contribution is -0.137. The smallest absolute Gasteiger partial charge is 0.304 e. The summed E-state index contributed by atoms with van der Waals surface area (Å²) in [5.74, 6) is 0.0964. The summed E-state index contributed by atoms with van der Waals surface area (Å²) in [4.78, 5) is 13.0. The summed E-state index contributed by atoms with van der Waals surface area (Å²) in [6.45, 7) is 1.65. The van der Waals surface area contributed by atoms with Gasteiger partial charge in [0.15, 0.2) is 0 Å². The Bertz CT molecular complexity index is 431. The van der Waals surface area contributed by atoms with Crippen LogP contribution >= 0.6 is 0 Å². The highest BCUT2D eigenvalue weighted by atomic mass is 16.5. The highest BCUT2D eigenvalue weighted by Crippen LogP contribution is 2.32. The average Bonchev–Trinajstić information content (AvgIpc) is 2.27. The van der Waals surface area contributed by atoms with Gasteiger partial charge in [-0.25, -0.2) is 0 Å². The number of carboxylic acid groups (broad SMARTS) is 1. The highest BCUT2D eigenvalue weighted by Gasteiger charge is 2.25. The third-order valence-electron chi connectivity index (χ3n) is 3.19. The first-order valence-corrected chi connectivity index (χ1v) is 5.67. The van der Waals surface area contributed by atoms with Gasteiger partial charge in [-0.2, -0.15) is 0 Å². The molecule has 4 nitrogen and oxygen atoms in total. The molecule has 1 aromatic rings. The number of carbonyl (C=O) groups is 1. The molecular weight excluding hydrogens is 218 g/mol. The highest BCUT2D eigenvalue weighted by molar-refractivity contribution is 5.68. The van der Waals surface area contributed by atoms with Gasteiger partial charge in [0.25, 0.3) is 0 Å². The van der Waals surface area contributed by atoms with Crippen LogP contribution in [0.5, 0.6) is 5.75 Å². The fourth-order valence-corrected chi connectivity index (χ4v) is 2.44. The molecule has 1 atom stereocenters. The first kappa shape index (κ1) is 11.9. The lowest BCUT2D eigenvalue weighted by Gasteiger charge is -2.31. The van der Waals surface area contributed by atoms with Crippen LogP contribution in [0.2, 0.25) is 0 Å². The average molecular weight is 235 g/mol. The second-order valence-corrected chi connectivity index (χ2v) is 4.56. The minimum atomic E-state index is -0.751. The maximum absolute atomic E-state index is 10.9. The van der Waals surface area contributed by atoms with Crippen LogP contribution in [0.25, 0.3) is 0 Å². The Hall–Kier alpha value is -1.55. The molecule has 0 saturated heterocycles. The van der Waals surface area contributed by atoms with E-state index in [-0.39, 0.29) is 12.3 Å². The van der Waals surface area contributed by atoms with Gasteiger partial charge in [0.1, 0.15) is 5.75 Å². The van der Waals surface area contributed by atoms with Gasteiger partial charge in [-0.15, -0.1) is 0 Å². The molecule has 2 rings (SSSR count). The molecule has 0 bridgehead atoms. The van der Waals surface area contributed by atoms with Crippen molar-refractivity contribution in [1.82, 2.24) is 4.90 Å². The summed E-state index contributed by atoms with van der Waals surface area (Å²) in [5, 5.41) is 8.95. The van der Waals surface area contributed by atoms with E-state index < -0.39 is 5.97 Å². The quantitative estimate of drug-likeness (QED) is 0.866. The van der Waals surface area contributed by atoms with E-state index in [1.54, 1.807) is 7.11 Å². The maximum Gasteiger partial charge on any atom is 0.304 e. The zero-order chi connectivity index (χ0) is 12.4.